The van der Waals surface area contributed by atoms with Crippen LogP contribution in [0.4, 0.5) is 0 Å². The molecule has 0 saturated heterocycles. The van der Waals surface area contributed by atoms with Crippen molar-refractivity contribution in [2.75, 3.05) is 0 Å². The smallest absolute Gasteiger partial charge is 0.175 e. The fraction of sp³-hybridized carbons (Fsp3) is 0.556. The molecule has 1 aromatic carbocycles. The molecule has 0 radical (unpaired) electrons. The van der Waals surface area contributed by atoms with Crippen molar-refractivity contribution in [3.63, 3.8) is 0 Å². The predicted octanol–water partition coefficient (Wildman–Crippen LogP) is 5.74. The average molecular weight is 288 g/mol. The minimum Gasteiger partial charge on any atom is -0.481 e. The maximum Gasteiger partial charge on any atom is 0.175 e. The second-order valence-corrected chi connectivity index (χ2v) is 7.63. The molecule has 1 saturated carbocycles. The van der Waals surface area contributed by atoms with Crippen molar-refractivity contribution in [1.29, 1.82) is 0 Å². The Balaban J connectivity index is 1.80. The van der Waals surface area contributed by atoms with Crippen LogP contribution < -0.4 is 4.74 Å². The number of hydrogen-bond donors (Lipinski definition) is 0. The highest BCUT2D eigenvalue weighted by Crippen LogP contribution is 2.39. The van der Waals surface area contributed by atoms with Gasteiger partial charge >= 0.3 is 0 Å². The highest BCUT2D eigenvalue weighted by Gasteiger charge is 2.32. The summed E-state index contributed by atoms with van der Waals surface area (Å²) in [6.07, 6.45) is 4.27. The molecular formula is C18H24OS. The lowest BCUT2D eigenvalue weighted by Crippen LogP contribution is -2.36. The van der Waals surface area contributed by atoms with E-state index in [1.165, 1.54) is 29.3 Å². The summed E-state index contributed by atoms with van der Waals surface area (Å²) in [5.41, 5.74) is 0. The van der Waals surface area contributed by atoms with Crippen LogP contribution >= 0.6 is 11.3 Å². The number of thiophene rings is 1. The molecule has 0 amide bonds. The number of rotatable bonds is 3. The molecule has 1 nitrogen and oxygen atoms in total. The lowest BCUT2D eigenvalue weighted by Gasteiger charge is -2.36. The first kappa shape index (κ1) is 13.9. The van der Waals surface area contributed by atoms with Crippen molar-refractivity contribution in [3.05, 3.63) is 30.3 Å². The first-order chi connectivity index (χ1) is 9.63. The molecular weight excluding hydrogens is 264 g/mol. The molecule has 0 aliphatic heterocycles. The Morgan fingerprint density at radius 2 is 2.00 bits per heavy atom. The van der Waals surface area contributed by atoms with E-state index in [1.54, 1.807) is 11.3 Å². The van der Waals surface area contributed by atoms with Crippen LogP contribution in [0, 0.1) is 17.8 Å². The Morgan fingerprint density at radius 1 is 1.20 bits per heavy atom. The molecule has 1 aliphatic carbocycles. The van der Waals surface area contributed by atoms with E-state index in [0.717, 1.165) is 11.0 Å². The van der Waals surface area contributed by atoms with Crippen molar-refractivity contribution < 1.29 is 4.74 Å². The zero-order valence-corrected chi connectivity index (χ0v) is 13.5. The molecule has 3 atom stereocenters. The first-order valence-corrected chi connectivity index (χ1v) is 8.60. The molecule has 2 heteroatoms. The normalized spacial score (nSPS) is 27.1. The SMILES string of the molecule is CC(C)[C@@H]1CC[C@@H](C)C[C@H]1Oc1cc2ccccc2s1. The Morgan fingerprint density at radius 3 is 2.75 bits per heavy atom. The zero-order chi connectivity index (χ0) is 14.1. The Hall–Kier alpha value is -1.02. The molecule has 20 heavy (non-hydrogen) atoms. The van der Waals surface area contributed by atoms with Gasteiger partial charge in [-0.05, 0) is 48.1 Å². The monoisotopic (exact) mass is 288 g/mol. The van der Waals surface area contributed by atoms with E-state index in [4.69, 9.17) is 4.74 Å². The van der Waals surface area contributed by atoms with Crippen LogP contribution in [-0.4, -0.2) is 6.10 Å². The van der Waals surface area contributed by atoms with Crippen molar-refractivity contribution >= 4 is 21.4 Å². The van der Waals surface area contributed by atoms with E-state index in [-0.39, 0.29) is 0 Å². The lowest BCUT2D eigenvalue weighted by molar-refractivity contribution is 0.0489. The number of benzene rings is 1. The van der Waals surface area contributed by atoms with E-state index >= 15 is 0 Å². The third-order valence-electron chi connectivity index (χ3n) is 4.63. The van der Waals surface area contributed by atoms with Gasteiger partial charge in [-0.1, -0.05) is 56.7 Å². The van der Waals surface area contributed by atoms with Gasteiger partial charge in [-0.2, -0.15) is 0 Å². The van der Waals surface area contributed by atoms with Crippen LogP contribution in [0.15, 0.2) is 30.3 Å². The molecule has 108 valence electrons. The van der Waals surface area contributed by atoms with Crippen molar-refractivity contribution in [2.45, 2.75) is 46.1 Å². The van der Waals surface area contributed by atoms with E-state index in [9.17, 15) is 0 Å². The Bertz CT molecular complexity index is 539. The summed E-state index contributed by atoms with van der Waals surface area (Å²) in [5, 5.41) is 2.40. The van der Waals surface area contributed by atoms with Crippen LogP contribution in [0.2, 0.25) is 0 Å². The fourth-order valence-electron chi connectivity index (χ4n) is 3.42. The van der Waals surface area contributed by atoms with Gasteiger partial charge in [0.2, 0.25) is 0 Å². The van der Waals surface area contributed by atoms with E-state index in [0.29, 0.717) is 17.9 Å². The average Bonchev–Trinajstić information content (AvgIpc) is 2.80. The lowest BCUT2D eigenvalue weighted by atomic mass is 9.75. The minimum absolute atomic E-state index is 0.395. The van der Waals surface area contributed by atoms with Gasteiger partial charge in [-0.15, -0.1) is 0 Å². The summed E-state index contributed by atoms with van der Waals surface area (Å²) >= 11 is 1.78. The highest BCUT2D eigenvalue weighted by atomic mass is 32.1. The van der Waals surface area contributed by atoms with Crippen LogP contribution in [0.3, 0.4) is 0 Å². The summed E-state index contributed by atoms with van der Waals surface area (Å²) in [5.74, 6) is 2.21. The molecule has 0 bridgehead atoms. The number of ether oxygens (including phenoxy) is 1. The molecule has 3 rings (SSSR count). The minimum atomic E-state index is 0.395. The van der Waals surface area contributed by atoms with E-state index in [2.05, 4.69) is 51.1 Å². The van der Waals surface area contributed by atoms with Crippen molar-refractivity contribution in [1.82, 2.24) is 0 Å². The van der Waals surface area contributed by atoms with Gasteiger partial charge in [0.05, 0.1) is 0 Å². The van der Waals surface area contributed by atoms with Crippen LogP contribution in [-0.2, 0) is 0 Å². The summed E-state index contributed by atoms with van der Waals surface area (Å²) in [4.78, 5) is 0. The second-order valence-electron chi connectivity index (χ2n) is 6.59. The Labute approximate surface area is 126 Å². The molecule has 1 aromatic heterocycles. The van der Waals surface area contributed by atoms with Gasteiger partial charge in [0.15, 0.2) is 5.06 Å². The maximum atomic E-state index is 6.40. The third kappa shape index (κ3) is 2.85. The largest absolute Gasteiger partial charge is 0.481 e. The maximum absolute atomic E-state index is 6.40. The highest BCUT2D eigenvalue weighted by molar-refractivity contribution is 7.20. The van der Waals surface area contributed by atoms with Crippen molar-refractivity contribution in [2.24, 2.45) is 17.8 Å². The summed E-state index contributed by atoms with van der Waals surface area (Å²) < 4.78 is 7.73. The Kier molecular flexibility index (Phi) is 4.02. The molecule has 0 spiro atoms. The molecule has 0 N–H and O–H groups in total. The summed E-state index contributed by atoms with van der Waals surface area (Å²) in [6.45, 7) is 7.03. The van der Waals surface area contributed by atoms with Gasteiger partial charge in [-0.25, -0.2) is 0 Å². The fourth-order valence-corrected chi connectivity index (χ4v) is 4.38. The third-order valence-corrected chi connectivity index (χ3v) is 5.64. The van der Waals surface area contributed by atoms with Gasteiger partial charge < -0.3 is 4.74 Å². The molecule has 1 aliphatic rings. The van der Waals surface area contributed by atoms with Gasteiger partial charge in [0, 0.05) is 4.70 Å². The number of fused-ring (bicyclic) bond motifs is 1. The van der Waals surface area contributed by atoms with Crippen LogP contribution in [0.1, 0.15) is 40.0 Å². The van der Waals surface area contributed by atoms with Crippen LogP contribution in [0.25, 0.3) is 10.1 Å². The first-order valence-electron chi connectivity index (χ1n) is 7.78. The molecule has 0 unspecified atom stereocenters. The quantitative estimate of drug-likeness (QED) is 0.699. The van der Waals surface area contributed by atoms with E-state index < -0.39 is 0 Å². The zero-order valence-electron chi connectivity index (χ0n) is 12.6. The van der Waals surface area contributed by atoms with Gasteiger partial charge in [0.25, 0.3) is 0 Å². The molecule has 1 fully saturated rings. The van der Waals surface area contributed by atoms with Gasteiger partial charge in [0.1, 0.15) is 6.10 Å². The molecule has 2 aromatic rings. The van der Waals surface area contributed by atoms with Crippen molar-refractivity contribution in [3.8, 4) is 5.06 Å². The second kappa shape index (κ2) is 5.77. The standard InChI is InChI=1S/C18H24OS/c1-12(2)15-9-8-13(3)10-16(15)19-18-11-14-6-4-5-7-17(14)20-18/h4-7,11-13,15-16H,8-10H2,1-3H3/t13-,15+,16-/m1/s1. The summed E-state index contributed by atoms with van der Waals surface area (Å²) in [6, 6.07) is 10.7. The van der Waals surface area contributed by atoms with Crippen LogP contribution in [0.5, 0.6) is 5.06 Å². The topological polar surface area (TPSA) is 9.23 Å². The van der Waals surface area contributed by atoms with Gasteiger partial charge in [-0.3, -0.25) is 0 Å². The number of hydrogen-bond acceptors (Lipinski definition) is 2. The molecule has 1 heterocycles. The predicted molar refractivity (Wildman–Crippen MR) is 87.6 cm³/mol. The summed E-state index contributed by atoms with van der Waals surface area (Å²) in [7, 11) is 0. The van der Waals surface area contributed by atoms with E-state index in [1.807, 2.05) is 0 Å².